The summed E-state index contributed by atoms with van der Waals surface area (Å²) < 4.78 is 37.4. The van der Waals surface area contributed by atoms with E-state index in [-0.39, 0.29) is 4.90 Å². The van der Waals surface area contributed by atoms with Crippen molar-refractivity contribution in [2.75, 3.05) is 18.6 Å². The van der Waals surface area contributed by atoms with Gasteiger partial charge in [0.25, 0.3) is 0 Å². The van der Waals surface area contributed by atoms with Crippen LogP contribution in [0.4, 0.5) is 0 Å². The Morgan fingerprint density at radius 2 is 2.05 bits per heavy atom. The van der Waals surface area contributed by atoms with Crippen molar-refractivity contribution >= 4 is 20.8 Å². The van der Waals surface area contributed by atoms with E-state index in [0.717, 1.165) is 11.1 Å². The molecule has 0 aliphatic rings. The second-order valence-electron chi connectivity index (χ2n) is 4.32. The molecule has 1 unspecified atom stereocenters. The van der Waals surface area contributed by atoms with E-state index >= 15 is 0 Å². The zero-order valence-corrected chi connectivity index (χ0v) is 12.8. The summed E-state index contributed by atoms with van der Waals surface area (Å²) in [6.45, 7) is 2.52. The van der Waals surface area contributed by atoms with Crippen LogP contribution in [0.3, 0.4) is 0 Å². The van der Waals surface area contributed by atoms with Crippen LogP contribution >= 0.6 is 0 Å². The molecule has 1 rings (SSSR count). The van der Waals surface area contributed by atoms with E-state index in [1.165, 1.54) is 0 Å². The molecule has 0 spiro atoms. The van der Waals surface area contributed by atoms with Gasteiger partial charge in [-0.15, -0.1) is 0 Å². The first kappa shape index (κ1) is 16.3. The maximum atomic E-state index is 12.0. The Balaban J connectivity index is 2.72. The third kappa shape index (κ3) is 5.02. The Bertz CT molecular complexity index is 556. The van der Waals surface area contributed by atoms with Crippen molar-refractivity contribution in [3.63, 3.8) is 0 Å². The first-order valence-corrected chi connectivity index (χ1v) is 9.17. The monoisotopic (exact) mass is 304 g/mol. The third-order valence-corrected chi connectivity index (χ3v) is 5.07. The minimum absolute atomic E-state index is 0.236. The summed E-state index contributed by atoms with van der Waals surface area (Å²) in [5.41, 5.74) is 7.33. The summed E-state index contributed by atoms with van der Waals surface area (Å²) in [4.78, 5) is 0.236. The fourth-order valence-corrected chi connectivity index (χ4v) is 3.34. The van der Waals surface area contributed by atoms with Crippen molar-refractivity contribution in [3.8, 4) is 0 Å². The SMILES string of the molecule is Cc1cc(S(=O)(=O)NCCCS(C)=O)ccc1CN. The van der Waals surface area contributed by atoms with Crippen LogP contribution in [0.5, 0.6) is 0 Å². The molecule has 0 aliphatic carbocycles. The van der Waals surface area contributed by atoms with Crippen molar-refractivity contribution in [1.82, 2.24) is 4.72 Å². The topological polar surface area (TPSA) is 89.3 Å². The lowest BCUT2D eigenvalue weighted by molar-refractivity contribution is 0.580. The molecule has 1 aromatic carbocycles. The van der Waals surface area contributed by atoms with Crippen LogP contribution in [0.2, 0.25) is 0 Å². The molecular weight excluding hydrogens is 284 g/mol. The Hall–Kier alpha value is -0.760. The molecule has 0 radical (unpaired) electrons. The lowest BCUT2D eigenvalue weighted by Crippen LogP contribution is -2.25. The summed E-state index contributed by atoms with van der Waals surface area (Å²) in [6.07, 6.45) is 2.16. The molecule has 0 saturated carbocycles. The van der Waals surface area contributed by atoms with Gasteiger partial charge in [0.05, 0.1) is 4.90 Å². The second kappa shape index (κ2) is 7.14. The fraction of sp³-hybridized carbons (Fsp3) is 0.500. The number of benzene rings is 1. The highest BCUT2D eigenvalue weighted by Crippen LogP contribution is 2.14. The smallest absolute Gasteiger partial charge is 0.240 e. The van der Waals surface area contributed by atoms with Crippen LogP contribution in [0.15, 0.2) is 23.1 Å². The minimum Gasteiger partial charge on any atom is -0.326 e. The third-order valence-electron chi connectivity index (χ3n) is 2.74. The lowest BCUT2D eigenvalue weighted by atomic mass is 10.1. The Morgan fingerprint density at radius 3 is 2.58 bits per heavy atom. The number of rotatable bonds is 7. The minimum atomic E-state index is -3.50. The molecule has 0 saturated heterocycles. The molecule has 0 aromatic heterocycles. The molecule has 0 aliphatic heterocycles. The van der Waals surface area contributed by atoms with Crippen LogP contribution in [-0.2, 0) is 27.4 Å². The van der Waals surface area contributed by atoms with Crippen LogP contribution < -0.4 is 10.5 Å². The van der Waals surface area contributed by atoms with E-state index in [1.807, 2.05) is 6.92 Å². The first-order chi connectivity index (χ1) is 8.86. The van der Waals surface area contributed by atoms with Gasteiger partial charge in [0, 0.05) is 35.9 Å². The van der Waals surface area contributed by atoms with Crippen molar-refractivity contribution in [3.05, 3.63) is 29.3 Å². The van der Waals surface area contributed by atoms with Gasteiger partial charge in [-0.25, -0.2) is 13.1 Å². The first-order valence-electron chi connectivity index (χ1n) is 5.96. The van der Waals surface area contributed by atoms with Crippen molar-refractivity contribution in [1.29, 1.82) is 0 Å². The van der Waals surface area contributed by atoms with Gasteiger partial charge in [-0.1, -0.05) is 6.07 Å². The van der Waals surface area contributed by atoms with Crippen LogP contribution in [0, 0.1) is 6.92 Å². The van der Waals surface area contributed by atoms with E-state index in [4.69, 9.17) is 5.73 Å². The van der Waals surface area contributed by atoms with Gasteiger partial charge in [-0.2, -0.15) is 0 Å². The van der Waals surface area contributed by atoms with Gasteiger partial charge in [0.1, 0.15) is 0 Å². The Kier molecular flexibility index (Phi) is 6.12. The van der Waals surface area contributed by atoms with E-state index in [9.17, 15) is 12.6 Å². The summed E-state index contributed by atoms with van der Waals surface area (Å²) in [7, 11) is -4.39. The quantitative estimate of drug-likeness (QED) is 0.718. The standard InChI is InChI=1S/C12H20N2O3S2/c1-10-8-12(5-4-11(10)9-13)19(16,17)14-6-3-7-18(2)15/h4-5,8,14H,3,6-7,9,13H2,1-2H3. The van der Waals surface area contributed by atoms with E-state index in [2.05, 4.69) is 4.72 Å². The number of aryl methyl sites for hydroxylation is 1. The molecule has 0 bridgehead atoms. The largest absolute Gasteiger partial charge is 0.326 e. The number of nitrogens with one attached hydrogen (secondary N) is 1. The molecule has 3 N–H and O–H groups in total. The molecule has 0 fully saturated rings. The normalized spacial score (nSPS) is 13.4. The highest BCUT2D eigenvalue weighted by atomic mass is 32.2. The zero-order valence-electron chi connectivity index (χ0n) is 11.2. The highest BCUT2D eigenvalue weighted by molar-refractivity contribution is 7.89. The molecule has 5 nitrogen and oxygen atoms in total. The van der Waals surface area contributed by atoms with Crippen LogP contribution in [-0.4, -0.2) is 31.2 Å². The predicted octanol–water partition coefficient (Wildman–Crippen LogP) is 0.501. The average Bonchev–Trinajstić information content (AvgIpc) is 2.34. The zero-order chi connectivity index (χ0) is 14.5. The van der Waals surface area contributed by atoms with Crippen molar-refractivity contribution in [2.45, 2.75) is 24.8 Å². The molecule has 108 valence electrons. The summed E-state index contributed by atoms with van der Waals surface area (Å²) in [5.74, 6) is 0.494. The number of nitrogens with two attached hydrogens (primary N) is 1. The maximum absolute atomic E-state index is 12.0. The number of hydrogen-bond donors (Lipinski definition) is 2. The molecule has 0 amide bonds. The van der Waals surface area contributed by atoms with E-state index in [0.29, 0.717) is 25.3 Å². The summed E-state index contributed by atoms with van der Waals surface area (Å²) in [5, 5.41) is 0. The summed E-state index contributed by atoms with van der Waals surface area (Å²) >= 11 is 0. The van der Waals surface area contributed by atoms with Crippen molar-refractivity contribution in [2.24, 2.45) is 5.73 Å². The van der Waals surface area contributed by atoms with Gasteiger partial charge in [0.15, 0.2) is 0 Å². The average molecular weight is 304 g/mol. The summed E-state index contributed by atoms with van der Waals surface area (Å²) in [6, 6.07) is 4.89. The van der Waals surface area contributed by atoms with Gasteiger partial charge >= 0.3 is 0 Å². The fourth-order valence-electron chi connectivity index (χ4n) is 1.63. The molecule has 0 heterocycles. The van der Waals surface area contributed by atoms with Gasteiger partial charge < -0.3 is 5.73 Å². The molecule has 7 heteroatoms. The molecule has 1 aromatic rings. The van der Waals surface area contributed by atoms with Gasteiger partial charge in [0.2, 0.25) is 10.0 Å². The van der Waals surface area contributed by atoms with E-state index in [1.54, 1.807) is 24.5 Å². The van der Waals surface area contributed by atoms with Crippen molar-refractivity contribution < 1.29 is 12.6 Å². The molecular formula is C12H20N2O3S2. The van der Waals surface area contributed by atoms with Crippen LogP contribution in [0.1, 0.15) is 17.5 Å². The second-order valence-corrected chi connectivity index (χ2v) is 7.64. The predicted molar refractivity (Wildman–Crippen MR) is 77.8 cm³/mol. The highest BCUT2D eigenvalue weighted by Gasteiger charge is 2.14. The Morgan fingerprint density at radius 1 is 1.37 bits per heavy atom. The van der Waals surface area contributed by atoms with Crippen LogP contribution in [0.25, 0.3) is 0 Å². The van der Waals surface area contributed by atoms with Gasteiger partial charge in [-0.05, 0) is 36.6 Å². The number of hydrogen-bond acceptors (Lipinski definition) is 4. The molecule has 19 heavy (non-hydrogen) atoms. The maximum Gasteiger partial charge on any atom is 0.240 e. The number of sulfonamides is 1. The lowest BCUT2D eigenvalue weighted by Gasteiger charge is -2.09. The molecule has 1 atom stereocenters. The van der Waals surface area contributed by atoms with Gasteiger partial charge in [-0.3, -0.25) is 4.21 Å². The Labute approximate surface area is 117 Å². The van der Waals surface area contributed by atoms with E-state index < -0.39 is 20.8 Å².